The molecule has 0 aliphatic carbocycles. The molecule has 0 bridgehead atoms. The molecule has 0 unspecified atom stereocenters. The van der Waals surface area contributed by atoms with Gasteiger partial charge in [0.15, 0.2) is 5.78 Å². The third kappa shape index (κ3) is 6.02. The molecule has 0 N–H and O–H groups in total. The number of nitrogens with zero attached hydrogens (tertiary/aromatic N) is 6. The number of carbonyl (C=O) groups is 2. The highest BCUT2D eigenvalue weighted by molar-refractivity contribution is 5.94. The maximum atomic E-state index is 15.0. The SMILES string of the molecule is CC1CCN(CCCC(=O)c2ccc(-c3ccc(N4C[C@H](Cn5ccnn5)OC4=O)cc3F)cn2)CC1. The highest BCUT2D eigenvalue weighted by Crippen LogP contribution is 2.29. The third-order valence-electron chi connectivity index (χ3n) is 7.12. The van der Waals surface area contributed by atoms with Crippen LogP contribution < -0.4 is 4.90 Å². The van der Waals surface area contributed by atoms with Gasteiger partial charge in [0.1, 0.15) is 17.6 Å². The van der Waals surface area contributed by atoms with E-state index >= 15 is 4.39 Å². The molecule has 2 saturated heterocycles. The number of ketones is 1. The van der Waals surface area contributed by atoms with Crippen molar-refractivity contribution in [1.82, 2.24) is 24.9 Å². The molecule has 194 valence electrons. The molecule has 2 aliphatic rings. The number of pyridine rings is 1. The standard InChI is InChI=1S/C27H31FN6O3/c1-19-8-12-32(13-9-19)11-2-3-26(35)25-7-4-20(16-29-25)23-6-5-21(15-24(23)28)34-18-22(37-27(34)36)17-33-14-10-30-31-33/h4-7,10,14-16,19,22H,2-3,8-9,11-13,17-18H2,1H3/t22-/m0/s1. The Labute approximate surface area is 215 Å². The second-order valence-corrected chi connectivity index (χ2v) is 9.89. The van der Waals surface area contributed by atoms with Gasteiger partial charge >= 0.3 is 6.09 Å². The lowest BCUT2D eigenvalue weighted by molar-refractivity contribution is 0.0966. The Morgan fingerprint density at radius 3 is 2.73 bits per heavy atom. The number of Topliss-reactive ketones (excluding diaryl/α,β-unsaturated/α-hetero) is 1. The lowest BCUT2D eigenvalue weighted by Crippen LogP contribution is -2.33. The lowest BCUT2D eigenvalue weighted by Gasteiger charge is -2.29. The number of ether oxygens (including phenoxy) is 1. The normalized spacial score (nSPS) is 18.8. The number of rotatable bonds is 9. The average molecular weight is 507 g/mol. The van der Waals surface area contributed by atoms with E-state index in [0.717, 1.165) is 32.0 Å². The second kappa shape index (κ2) is 11.2. The average Bonchev–Trinajstić information content (AvgIpc) is 3.54. The van der Waals surface area contributed by atoms with Crippen LogP contribution in [0.2, 0.25) is 0 Å². The monoisotopic (exact) mass is 506 g/mol. The Bertz CT molecular complexity index is 1230. The Balaban J connectivity index is 1.17. The summed E-state index contributed by atoms with van der Waals surface area (Å²) >= 11 is 0. The summed E-state index contributed by atoms with van der Waals surface area (Å²) in [7, 11) is 0. The first-order chi connectivity index (χ1) is 18.0. The van der Waals surface area contributed by atoms with Crippen LogP contribution in [0.3, 0.4) is 0 Å². The van der Waals surface area contributed by atoms with Gasteiger partial charge in [-0.15, -0.1) is 5.10 Å². The van der Waals surface area contributed by atoms with Crippen LogP contribution in [0.25, 0.3) is 11.1 Å². The van der Waals surface area contributed by atoms with Gasteiger partial charge in [-0.2, -0.15) is 0 Å². The Hall–Kier alpha value is -3.66. The first kappa shape index (κ1) is 25.0. The second-order valence-electron chi connectivity index (χ2n) is 9.89. The molecule has 1 amide bonds. The summed E-state index contributed by atoms with van der Waals surface area (Å²) in [6.07, 6.45) is 7.53. The zero-order valence-corrected chi connectivity index (χ0v) is 20.9. The summed E-state index contributed by atoms with van der Waals surface area (Å²) in [5, 5.41) is 7.62. The smallest absolute Gasteiger partial charge is 0.414 e. The molecule has 10 heteroatoms. The van der Waals surface area contributed by atoms with E-state index in [9.17, 15) is 9.59 Å². The van der Waals surface area contributed by atoms with Crippen molar-refractivity contribution in [3.8, 4) is 11.1 Å². The molecule has 5 rings (SSSR count). The summed E-state index contributed by atoms with van der Waals surface area (Å²) in [6, 6.07) is 7.97. The van der Waals surface area contributed by atoms with Gasteiger partial charge in [0.25, 0.3) is 0 Å². The number of likely N-dealkylation sites (tertiary alicyclic amines) is 1. The van der Waals surface area contributed by atoms with Crippen LogP contribution in [0.1, 0.15) is 43.1 Å². The van der Waals surface area contributed by atoms with Gasteiger partial charge in [0.2, 0.25) is 0 Å². The van der Waals surface area contributed by atoms with Crippen molar-refractivity contribution < 1.29 is 18.7 Å². The number of hydrogen-bond donors (Lipinski definition) is 0. The maximum Gasteiger partial charge on any atom is 0.414 e. The lowest BCUT2D eigenvalue weighted by atomic mass is 9.99. The van der Waals surface area contributed by atoms with E-state index in [4.69, 9.17) is 4.74 Å². The molecule has 4 heterocycles. The zero-order chi connectivity index (χ0) is 25.8. The van der Waals surface area contributed by atoms with Gasteiger partial charge in [-0.25, -0.2) is 13.9 Å². The van der Waals surface area contributed by atoms with Crippen LogP contribution >= 0.6 is 0 Å². The van der Waals surface area contributed by atoms with Gasteiger partial charge in [-0.05, 0) is 69.1 Å². The number of amides is 1. The molecular weight excluding hydrogens is 475 g/mol. The number of halogens is 1. The van der Waals surface area contributed by atoms with E-state index in [0.29, 0.717) is 35.5 Å². The number of carbonyl (C=O) groups excluding carboxylic acids is 2. The summed E-state index contributed by atoms with van der Waals surface area (Å²) < 4.78 is 22.0. The van der Waals surface area contributed by atoms with Crippen molar-refractivity contribution >= 4 is 17.6 Å². The molecule has 2 aromatic heterocycles. The fraction of sp³-hybridized carbons (Fsp3) is 0.444. The highest BCUT2D eigenvalue weighted by atomic mass is 19.1. The summed E-state index contributed by atoms with van der Waals surface area (Å²) in [5.41, 5.74) is 1.72. The minimum Gasteiger partial charge on any atom is -0.442 e. The number of anilines is 1. The number of hydrogen-bond acceptors (Lipinski definition) is 7. The first-order valence-electron chi connectivity index (χ1n) is 12.8. The number of cyclic esters (lactones) is 1. The van der Waals surface area contributed by atoms with Crippen LogP contribution in [0.4, 0.5) is 14.9 Å². The van der Waals surface area contributed by atoms with Crippen LogP contribution in [-0.2, 0) is 11.3 Å². The van der Waals surface area contributed by atoms with E-state index in [2.05, 4.69) is 27.1 Å². The largest absolute Gasteiger partial charge is 0.442 e. The quantitative estimate of drug-likeness (QED) is 0.402. The predicted octanol–water partition coefficient (Wildman–Crippen LogP) is 4.20. The van der Waals surface area contributed by atoms with Crippen LogP contribution in [0.5, 0.6) is 0 Å². The van der Waals surface area contributed by atoms with Crippen molar-refractivity contribution in [2.75, 3.05) is 31.1 Å². The van der Waals surface area contributed by atoms with E-state index in [-0.39, 0.29) is 12.3 Å². The number of piperidine rings is 1. The minimum atomic E-state index is -0.531. The zero-order valence-electron chi connectivity index (χ0n) is 20.9. The summed E-state index contributed by atoms with van der Waals surface area (Å²) in [4.78, 5) is 33.1. The summed E-state index contributed by atoms with van der Waals surface area (Å²) in [5.74, 6) is 0.310. The Morgan fingerprint density at radius 1 is 1.19 bits per heavy atom. The van der Waals surface area contributed by atoms with Gasteiger partial charge in [-0.1, -0.05) is 18.2 Å². The minimum absolute atomic E-state index is 0.000685. The van der Waals surface area contributed by atoms with E-state index in [1.54, 1.807) is 41.3 Å². The third-order valence-corrected chi connectivity index (χ3v) is 7.12. The molecule has 1 atom stereocenters. The van der Waals surface area contributed by atoms with Crippen molar-refractivity contribution in [2.45, 2.75) is 45.3 Å². The van der Waals surface area contributed by atoms with Gasteiger partial charge < -0.3 is 9.64 Å². The number of benzene rings is 1. The molecule has 0 radical (unpaired) electrons. The topological polar surface area (TPSA) is 93.5 Å². The van der Waals surface area contributed by atoms with E-state index < -0.39 is 18.0 Å². The molecule has 37 heavy (non-hydrogen) atoms. The van der Waals surface area contributed by atoms with Gasteiger partial charge in [0.05, 0.1) is 25.0 Å². The highest BCUT2D eigenvalue weighted by Gasteiger charge is 2.33. The van der Waals surface area contributed by atoms with Crippen molar-refractivity contribution in [1.29, 1.82) is 0 Å². The Kier molecular flexibility index (Phi) is 7.55. The van der Waals surface area contributed by atoms with E-state index in [1.165, 1.54) is 30.0 Å². The molecule has 1 aromatic carbocycles. The van der Waals surface area contributed by atoms with Crippen molar-refractivity contribution in [3.63, 3.8) is 0 Å². The van der Waals surface area contributed by atoms with Crippen molar-refractivity contribution in [2.24, 2.45) is 5.92 Å². The fourth-order valence-electron chi connectivity index (χ4n) is 4.87. The molecule has 3 aromatic rings. The molecule has 0 saturated carbocycles. The van der Waals surface area contributed by atoms with Crippen LogP contribution in [0.15, 0.2) is 48.9 Å². The number of aromatic nitrogens is 4. The molecule has 2 fully saturated rings. The predicted molar refractivity (Wildman–Crippen MR) is 136 cm³/mol. The van der Waals surface area contributed by atoms with Crippen molar-refractivity contribution in [3.05, 3.63) is 60.4 Å². The summed E-state index contributed by atoms with van der Waals surface area (Å²) in [6.45, 7) is 6.09. The van der Waals surface area contributed by atoms with Crippen LogP contribution in [-0.4, -0.2) is 69.0 Å². The van der Waals surface area contributed by atoms with Gasteiger partial charge in [-0.3, -0.25) is 14.7 Å². The Morgan fingerprint density at radius 2 is 2.03 bits per heavy atom. The molecule has 2 aliphatic heterocycles. The first-order valence-corrected chi connectivity index (χ1v) is 12.8. The van der Waals surface area contributed by atoms with Gasteiger partial charge in [0, 0.05) is 29.9 Å². The maximum absolute atomic E-state index is 15.0. The molecule has 9 nitrogen and oxygen atoms in total. The molecular formula is C27H31FN6O3. The van der Waals surface area contributed by atoms with E-state index in [1.807, 2.05) is 0 Å². The fourth-order valence-corrected chi connectivity index (χ4v) is 4.87. The molecule has 0 spiro atoms. The van der Waals surface area contributed by atoms with Crippen LogP contribution in [0, 0.1) is 11.7 Å².